The molecule has 1 atom stereocenters. The minimum Gasteiger partial charge on any atom is -0.492 e. The maximum atomic E-state index is 14.9. The van der Waals surface area contributed by atoms with Gasteiger partial charge in [0.05, 0.1) is 17.2 Å². The Labute approximate surface area is 305 Å². The largest absolute Gasteiger partial charge is 0.492 e. The molecule has 4 aromatic carbocycles. The molecule has 264 valence electrons. The third kappa shape index (κ3) is 9.62. The normalized spacial score (nSPS) is 14.1. The highest BCUT2D eigenvalue weighted by Crippen LogP contribution is 2.33. The summed E-state index contributed by atoms with van der Waals surface area (Å²) in [6.45, 7) is 1.58. The summed E-state index contributed by atoms with van der Waals surface area (Å²) in [5.41, 5.74) is 1.82. The molecule has 0 radical (unpaired) electrons. The molecular weight excluding hydrogens is 690 g/mol. The number of sulfonamides is 1. The van der Waals surface area contributed by atoms with Crippen LogP contribution >= 0.6 is 23.4 Å². The quantitative estimate of drug-likeness (QED) is 0.126. The second-order valence-corrected chi connectivity index (χ2v) is 15.5. The molecule has 2 amide bonds. The van der Waals surface area contributed by atoms with E-state index in [9.17, 15) is 18.0 Å². The van der Waals surface area contributed by atoms with Crippen LogP contribution in [-0.2, 0) is 32.6 Å². The van der Waals surface area contributed by atoms with Gasteiger partial charge in [-0.2, -0.15) is 0 Å². The fourth-order valence-corrected chi connectivity index (χ4v) is 8.31. The highest BCUT2D eigenvalue weighted by Gasteiger charge is 2.36. The molecule has 50 heavy (non-hydrogen) atoms. The van der Waals surface area contributed by atoms with Crippen molar-refractivity contribution in [3.8, 4) is 5.75 Å². The Bertz CT molecular complexity index is 1830. The number of amides is 2. The van der Waals surface area contributed by atoms with Crippen molar-refractivity contribution in [1.29, 1.82) is 0 Å². The van der Waals surface area contributed by atoms with Crippen molar-refractivity contribution >= 4 is 50.9 Å². The van der Waals surface area contributed by atoms with Crippen LogP contribution in [0.15, 0.2) is 113 Å². The van der Waals surface area contributed by atoms with Crippen molar-refractivity contribution in [2.24, 2.45) is 0 Å². The number of hydrogen-bond acceptors (Lipinski definition) is 6. The zero-order chi connectivity index (χ0) is 35.5. The predicted octanol–water partition coefficient (Wildman–Crippen LogP) is 7.74. The second kappa shape index (κ2) is 17.8. The van der Waals surface area contributed by atoms with E-state index in [1.807, 2.05) is 49.6 Å². The molecule has 5 rings (SSSR count). The SMILES string of the molecule is CCOc1ccccc1N(CC(=O)N(Cc1cccc(Cl)c1)C(Cc1ccccc1)C(=O)NC1CCCCC1)S(=O)(=O)c1ccc(SC)cc1. The van der Waals surface area contributed by atoms with Gasteiger partial charge in [0.15, 0.2) is 0 Å². The molecule has 8 nitrogen and oxygen atoms in total. The number of ether oxygens (including phenoxy) is 1. The molecule has 0 aromatic heterocycles. The molecule has 0 spiro atoms. The summed E-state index contributed by atoms with van der Waals surface area (Å²) < 4.78 is 36.0. The smallest absolute Gasteiger partial charge is 0.264 e. The number of hydrogen-bond donors (Lipinski definition) is 1. The highest BCUT2D eigenvalue weighted by atomic mass is 35.5. The zero-order valence-electron chi connectivity index (χ0n) is 28.5. The van der Waals surface area contributed by atoms with Crippen molar-refractivity contribution in [2.75, 3.05) is 23.7 Å². The van der Waals surface area contributed by atoms with Gasteiger partial charge in [0.1, 0.15) is 18.3 Å². The number of nitrogens with one attached hydrogen (secondary N) is 1. The average molecular weight is 734 g/mol. The summed E-state index contributed by atoms with van der Waals surface area (Å²) in [5.74, 6) is -0.488. The number of carbonyl (C=O) groups excluding carboxylic acids is 2. The van der Waals surface area contributed by atoms with Gasteiger partial charge < -0.3 is 15.0 Å². The Balaban J connectivity index is 1.59. The number of para-hydroxylation sites is 2. The maximum absolute atomic E-state index is 14.9. The molecule has 1 fully saturated rings. The molecule has 1 unspecified atom stereocenters. The lowest BCUT2D eigenvalue weighted by Gasteiger charge is -2.35. The first-order chi connectivity index (χ1) is 24.2. The minimum absolute atomic E-state index is 0.0110. The van der Waals surface area contributed by atoms with Gasteiger partial charge in [0.25, 0.3) is 10.0 Å². The lowest BCUT2D eigenvalue weighted by Crippen LogP contribution is -2.55. The summed E-state index contributed by atoms with van der Waals surface area (Å²) >= 11 is 7.88. The molecule has 0 saturated heterocycles. The number of anilines is 1. The number of benzene rings is 4. The van der Waals surface area contributed by atoms with Crippen molar-refractivity contribution in [2.45, 2.75) is 73.9 Å². The summed E-state index contributed by atoms with van der Waals surface area (Å²) in [6.07, 6.45) is 7.10. The Morgan fingerprint density at radius 1 is 0.900 bits per heavy atom. The van der Waals surface area contributed by atoms with E-state index in [0.717, 1.165) is 46.9 Å². The number of rotatable bonds is 15. The van der Waals surface area contributed by atoms with Crippen LogP contribution in [0.25, 0.3) is 0 Å². The van der Waals surface area contributed by atoms with Crippen LogP contribution in [0.4, 0.5) is 5.69 Å². The number of nitrogens with zero attached hydrogens (tertiary/aromatic N) is 2. The van der Waals surface area contributed by atoms with Crippen LogP contribution in [0.1, 0.15) is 50.2 Å². The first-order valence-electron chi connectivity index (χ1n) is 17.0. The van der Waals surface area contributed by atoms with Crippen molar-refractivity contribution in [3.05, 3.63) is 119 Å². The van der Waals surface area contributed by atoms with Crippen molar-refractivity contribution < 1.29 is 22.7 Å². The van der Waals surface area contributed by atoms with Crippen LogP contribution < -0.4 is 14.4 Å². The summed E-state index contributed by atoms with van der Waals surface area (Å²) in [7, 11) is -4.28. The molecule has 11 heteroatoms. The van der Waals surface area contributed by atoms with Gasteiger partial charge in [-0.25, -0.2) is 8.42 Å². The topological polar surface area (TPSA) is 96.0 Å². The van der Waals surface area contributed by atoms with E-state index in [2.05, 4.69) is 5.32 Å². The van der Waals surface area contributed by atoms with E-state index in [0.29, 0.717) is 22.9 Å². The molecule has 1 N–H and O–H groups in total. The van der Waals surface area contributed by atoms with E-state index in [-0.39, 0.29) is 35.5 Å². The van der Waals surface area contributed by atoms with E-state index in [1.54, 1.807) is 66.7 Å². The lowest BCUT2D eigenvalue weighted by molar-refractivity contribution is -0.140. The second-order valence-electron chi connectivity index (χ2n) is 12.3. The fourth-order valence-electron chi connectivity index (χ4n) is 6.26. The molecule has 0 aliphatic heterocycles. The van der Waals surface area contributed by atoms with Gasteiger partial charge in [-0.05, 0) is 85.7 Å². The zero-order valence-corrected chi connectivity index (χ0v) is 30.9. The number of halogens is 1. The Morgan fingerprint density at radius 3 is 2.26 bits per heavy atom. The first kappa shape index (κ1) is 37.3. The monoisotopic (exact) mass is 733 g/mol. The summed E-state index contributed by atoms with van der Waals surface area (Å²) in [6, 6.07) is 29.1. The van der Waals surface area contributed by atoms with Crippen molar-refractivity contribution in [1.82, 2.24) is 10.2 Å². The average Bonchev–Trinajstić information content (AvgIpc) is 3.13. The summed E-state index contributed by atoms with van der Waals surface area (Å²) in [5, 5.41) is 3.73. The number of thioether (sulfide) groups is 1. The van der Waals surface area contributed by atoms with E-state index in [1.165, 1.54) is 16.7 Å². The molecule has 4 aromatic rings. The third-order valence-corrected chi connectivity index (χ3v) is 11.6. The Morgan fingerprint density at radius 2 is 1.58 bits per heavy atom. The van der Waals surface area contributed by atoms with Gasteiger partial charge in [0, 0.05) is 28.9 Å². The summed E-state index contributed by atoms with van der Waals surface area (Å²) in [4.78, 5) is 31.6. The van der Waals surface area contributed by atoms with Crippen LogP contribution in [0.5, 0.6) is 5.75 Å². The van der Waals surface area contributed by atoms with Crippen LogP contribution in [0.3, 0.4) is 0 Å². The minimum atomic E-state index is -4.28. The van der Waals surface area contributed by atoms with E-state index in [4.69, 9.17) is 16.3 Å². The van der Waals surface area contributed by atoms with Crippen LogP contribution in [-0.4, -0.2) is 56.6 Å². The van der Waals surface area contributed by atoms with Gasteiger partial charge in [-0.1, -0.05) is 85.5 Å². The standard InChI is InChI=1S/C39H44ClN3O5S2/c1-3-48-37-20-11-10-19-35(37)43(50(46,47)34-23-21-33(49-2)22-24-34)28-38(44)42(27-30-15-12-16-31(40)25-30)36(26-29-13-6-4-7-14-29)39(45)41-32-17-8-5-9-18-32/h4,6-7,10-16,19-25,32,36H,3,5,8-9,17-18,26-28H2,1-2H3,(H,41,45). The Kier molecular flexibility index (Phi) is 13.3. The highest BCUT2D eigenvalue weighted by molar-refractivity contribution is 7.98. The van der Waals surface area contributed by atoms with E-state index >= 15 is 0 Å². The third-order valence-electron chi connectivity index (χ3n) is 8.82. The van der Waals surface area contributed by atoms with Gasteiger partial charge in [0.2, 0.25) is 11.8 Å². The first-order valence-corrected chi connectivity index (χ1v) is 20.0. The maximum Gasteiger partial charge on any atom is 0.264 e. The lowest BCUT2D eigenvalue weighted by atomic mass is 9.94. The van der Waals surface area contributed by atoms with Gasteiger partial charge >= 0.3 is 0 Å². The molecule has 1 aliphatic carbocycles. The molecular formula is C39H44ClN3O5S2. The number of carbonyl (C=O) groups is 2. The molecule has 1 aliphatic rings. The predicted molar refractivity (Wildman–Crippen MR) is 201 cm³/mol. The molecule has 1 saturated carbocycles. The van der Waals surface area contributed by atoms with Crippen molar-refractivity contribution in [3.63, 3.8) is 0 Å². The van der Waals surface area contributed by atoms with Crippen LogP contribution in [0.2, 0.25) is 5.02 Å². The van der Waals surface area contributed by atoms with Crippen LogP contribution in [0, 0.1) is 0 Å². The molecule has 0 heterocycles. The van der Waals surface area contributed by atoms with Gasteiger partial charge in [-0.15, -0.1) is 11.8 Å². The Hall–Kier alpha value is -3.99. The van der Waals surface area contributed by atoms with Gasteiger partial charge in [-0.3, -0.25) is 13.9 Å². The molecule has 0 bridgehead atoms. The fraction of sp³-hybridized carbons (Fsp3) is 0.333. The van der Waals surface area contributed by atoms with E-state index < -0.39 is 28.5 Å².